The molecule has 5 unspecified atom stereocenters. The highest BCUT2D eigenvalue weighted by molar-refractivity contribution is 6.31. The topological polar surface area (TPSA) is 53.6 Å². The number of halogens is 1. The lowest BCUT2D eigenvalue weighted by Gasteiger charge is -2.50. The summed E-state index contributed by atoms with van der Waals surface area (Å²) in [5.41, 5.74) is 7.73. The predicted octanol–water partition coefficient (Wildman–Crippen LogP) is 2.56. The first kappa shape index (κ1) is 17.1. The Hall–Kier alpha value is -1.30. The van der Waals surface area contributed by atoms with E-state index in [0.717, 1.165) is 48.7 Å². The summed E-state index contributed by atoms with van der Waals surface area (Å²) in [6.07, 6.45) is 3.19. The quantitative estimate of drug-likeness (QED) is 0.866. The highest BCUT2D eigenvalue weighted by atomic mass is 35.5. The number of benzene rings is 1. The van der Waals surface area contributed by atoms with Crippen LogP contribution in [0, 0.1) is 11.8 Å². The zero-order valence-electron chi connectivity index (χ0n) is 14.8. The first-order chi connectivity index (χ1) is 12.1. The Morgan fingerprint density at radius 1 is 1.36 bits per heavy atom. The van der Waals surface area contributed by atoms with E-state index < -0.39 is 0 Å². The van der Waals surface area contributed by atoms with Crippen molar-refractivity contribution < 1.29 is 9.53 Å². The van der Waals surface area contributed by atoms with Crippen LogP contribution in [0.4, 0.5) is 0 Å². The number of carbonyl (C=O) groups excluding carboxylic acids is 1. The van der Waals surface area contributed by atoms with Gasteiger partial charge in [0.2, 0.25) is 5.91 Å². The molecule has 0 spiro atoms. The van der Waals surface area contributed by atoms with E-state index in [9.17, 15) is 4.79 Å². The smallest absolute Gasteiger partial charge is 0.228 e. The minimum Gasteiger partial charge on any atom is -0.497 e. The van der Waals surface area contributed by atoms with Gasteiger partial charge in [-0.15, -0.1) is 0 Å². The van der Waals surface area contributed by atoms with E-state index in [1.807, 2.05) is 12.1 Å². The van der Waals surface area contributed by atoms with Gasteiger partial charge >= 0.3 is 0 Å². The molecule has 0 aromatic heterocycles. The third-order valence-corrected chi connectivity index (χ3v) is 6.68. The highest BCUT2D eigenvalue weighted by Gasteiger charge is 2.51. The molecule has 0 bridgehead atoms. The number of carbonyl (C=O) groups is 1. The summed E-state index contributed by atoms with van der Waals surface area (Å²) in [7, 11) is 1.68. The van der Waals surface area contributed by atoms with Gasteiger partial charge in [0.25, 0.3) is 0 Å². The minimum absolute atomic E-state index is 0.0816. The third kappa shape index (κ3) is 2.82. The standard InChI is InChI=1S/C19H26ClN3O2/c1-3-23-17-8-11(14-9-12(25-2)5-7-16(14)20)4-6-13(17)18-15(19(23)24)10-21-22-18/h5,7,9,11,13,15,17-18,21-22H,3-4,6,8,10H2,1-2H3. The number of amides is 1. The first-order valence-corrected chi connectivity index (χ1v) is 9.64. The van der Waals surface area contributed by atoms with Crippen LogP contribution in [0.5, 0.6) is 5.75 Å². The molecule has 136 valence electrons. The van der Waals surface area contributed by atoms with Crippen LogP contribution in [0.2, 0.25) is 5.02 Å². The van der Waals surface area contributed by atoms with Crippen LogP contribution in [0.3, 0.4) is 0 Å². The molecule has 4 rings (SSSR count). The summed E-state index contributed by atoms with van der Waals surface area (Å²) in [5, 5.41) is 0.799. The lowest BCUT2D eigenvalue weighted by Crippen LogP contribution is -2.61. The van der Waals surface area contributed by atoms with Crippen molar-refractivity contribution in [1.82, 2.24) is 15.8 Å². The molecule has 2 N–H and O–H groups in total. The number of likely N-dealkylation sites (tertiary alicyclic amines) is 1. The Balaban J connectivity index is 1.62. The van der Waals surface area contributed by atoms with Crippen LogP contribution in [0.15, 0.2) is 18.2 Å². The number of nitrogens with zero attached hydrogens (tertiary/aromatic N) is 1. The first-order valence-electron chi connectivity index (χ1n) is 9.26. The Labute approximate surface area is 154 Å². The second-order valence-corrected chi connectivity index (χ2v) is 7.82. The van der Waals surface area contributed by atoms with Gasteiger partial charge in [0.1, 0.15) is 5.75 Å². The van der Waals surface area contributed by atoms with Crippen molar-refractivity contribution in [1.29, 1.82) is 0 Å². The molecule has 0 radical (unpaired) electrons. The number of nitrogens with one attached hydrogen (secondary N) is 2. The normalized spacial score (nSPS) is 34.6. The van der Waals surface area contributed by atoms with Crippen LogP contribution in [0.25, 0.3) is 0 Å². The Morgan fingerprint density at radius 2 is 2.20 bits per heavy atom. The maximum atomic E-state index is 12.9. The third-order valence-electron chi connectivity index (χ3n) is 6.34. The molecule has 3 aliphatic rings. The largest absolute Gasteiger partial charge is 0.497 e. The SMILES string of the molecule is CCN1C(=O)C2CNNC2C2CCC(c3cc(OC)ccc3Cl)CC21. The summed E-state index contributed by atoms with van der Waals surface area (Å²) >= 11 is 6.49. The fourth-order valence-electron chi connectivity index (χ4n) is 5.12. The number of ether oxygens (including phenoxy) is 1. The molecule has 1 aromatic rings. The molecule has 1 amide bonds. The van der Waals surface area contributed by atoms with Crippen LogP contribution in [0.1, 0.15) is 37.7 Å². The lowest BCUT2D eigenvalue weighted by atomic mass is 9.67. The Bertz CT molecular complexity index is 668. The predicted molar refractivity (Wildman–Crippen MR) is 97.7 cm³/mol. The Kier molecular flexibility index (Phi) is 4.65. The van der Waals surface area contributed by atoms with Gasteiger partial charge in [-0.05, 0) is 61.8 Å². The molecule has 5 atom stereocenters. The molecule has 1 saturated carbocycles. The fourth-order valence-corrected chi connectivity index (χ4v) is 5.39. The number of piperidine rings is 1. The van der Waals surface area contributed by atoms with Crippen molar-refractivity contribution in [3.63, 3.8) is 0 Å². The van der Waals surface area contributed by atoms with Gasteiger partial charge in [-0.2, -0.15) is 0 Å². The van der Waals surface area contributed by atoms with Crippen molar-refractivity contribution in [2.24, 2.45) is 11.8 Å². The number of hydrogen-bond acceptors (Lipinski definition) is 4. The zero-order chi connectivity index (χ0) is 17.6. The van der Waals surface area contributed by atoms with Gasteiger partial charge in [-0.3, -0.25) is 15.6 Å². The molecule has 2 heterocycles. The molecule has 1 aromatic carbocycles. The number of fused-ring (bicyclic) bond motifs is 3. The van der Waals surface area contributed by atoms with E-state index in [1.165, 1.54) is 0 Å². The molecule has 2 aliphatic heterocycles. The van der Waals surface area contributed by atoms with Crippen LogP contribution < -0.4 is 15.6 Å². The molecule has 6 heteroatoms. The van der Waals surface area contributed by atoms with Gasteiger partial charge < -0.3 is 9.64 Å². The molecule has 5 nitrogen and oxygen atoms in total. The zero-order valence-corrected chi connectivity index (χ0v) is 15.6. The maximum absolute atomic E-state index is 12.9. The molecule has 3 fully saturated rings. The van der Waals surface area contributed by atoms with Gasteiger partial charge in [-0.25, -0.2) is 0 Å². The monoisotopic (exact) mass is 363 g/mol. The summed E-state index contributed by atoms with van der Waals surface area (Å²) in [5.74, 6) is 2.10. The van der Waals surface area contributed by atoms with Gasteiger partial charge in [0.05, 0.1) is 13.0 Å². The summed E-state index contributed by atoms with van der Waals surface area (Å²) in [6.45, 7) is 3.61. The highest BCUT2D eigenvalue weighted by Crippen LogP contribution is 2.46. The maximum Gasteiger partial charge on any atom is 0.228 e. The van der Waals surface area contributed by atoms with Gasteiger partial charge in [0, 0.05) is 30.2 Å². The molecular weight excluding hydrogens is 338 g/mol. The van der Waals surface area contributed by atoms with Crippen molar-refractivity contribution in [2.45, 2.75) is 44.2 Å². The van der Waals surface area contributed by atoms with Gasteiger partial charge in [0.15, 0.2) is 0 Å². The molecule has 1 aliphatic carbocycles. The fraction of sp³-hybridized carbons (Fsp3) is 0.632. The second-order valence-electron chi connectivity index (χ2n) is 7.41. The van der Waals surface area contributed by atoms with E-state index in [4.69, 9.17) is 16.3 Å². The van der Waals surface area contributed by atoms with Crippen LogP contribution in [-0.4, -0.2) is 43.1 Å². The van der Waals surface area contributed by atoms with Crippen molar-refractivity contribution in [3.05, 3.63) is 28.8 Å². The Morgan fingerprint density at radius 3 is 2.96 bits per heavy atom. The number of methoxy groups -OCH3 is 1. The molecular formula is C19H26ClN3O2. The van der Waals surface area contributed by atoms with Gasteiger partial charge in [-0.1, -0.05) is 11.6 Å². The lowest BCUT2D eigenvalue weighted by molar-refractivity contribution is -0.146. The van der Waals surface area contributed by atoms with E-state index >= 15 is 0 Å². The number of hydrazine groups is 1. The summed E-state index contributed by atoms with van der Waals surface area (Å²) < 4.78 is 5.38. The molecule has 25 heavy (non-hydrogen) atoms. The molecule has 2 saturated heterocycles. The van der Waals surface area contributed by atoms with Crippen LogP contribution in [-0.2, 0) is 4.79 Å². The summed E-state index contributed by atoms with van der Waals surface area (Å²) in [4.78, 5) is 15.0. The van der Waals surface area contributed by atoms with E-state index in [-0.39, 0.29) is 18.0 Å². The average molecular weight is 364 g/mol. The number of rotatable bonds is 3. The second kappa shape index (κ2) is 6.78. The minimum atomic E-state index is 0.0816. The van der Waals surface area contributed by atoms with Crippen molar-refractivity contribution >= 4 is 17.5 Å². The van der Waals surface area contributed by atoms with Crippen molar-refractivity contribution in [2.75, 3.05) is 20.2 Å². The van der Waals surface area contributed by atoms with Crippen molar-refractivity contribution in [3.8, 4) is 5.75 Å². The average Bonchev–Trinajstić information content (AvgIpc) is 3.12. The summed E-state index contributed by atoms with van der Waals surface area (Å²) in [6, 6.07) is 6.43. The van der Waals surface area contributed by atoms with E-state index in [2.05, 4.69) is 28.7 Å². The van der Waals surface area contributed by atoms with E-state index in [0.29, 0.717) is 17.7 Å². The van der Waals surface area contributed by atoms with Crippen LogP contribution >= 0.6 is 11.6 Å². The number of hydrogen-bond donors (Lipinski definition) is 2. The van der Waals surface area contributed by atoms with E-state index in [1.54, 1.807) is 7.11 Å².